The molecule has 0 N–H and O–H groups in total. The number of likely N-dealkylation sites (tertiary alicyclic amines) is 1. The number of piperidine rings is 1. The van der Waals surface area contributed by atoms with E-state index in [0.717, 1.165) is 12.5 Å². The van der Waals surface area contributed by atoms with Gasteiger partial charge in [0.25, 0.3) is 0 Å². The van der Waals surface area contributed by atoms with Crippen LogP contribution in [0.5, 0.6) is 0 Å². The maximum atomic E-state index is 13.5. The first-order valence-corrected chi connectivity index (χ1v) is 5.80. The minimum absolute atomic E-state index is 0.0686. The van der Waals surface area contributed by atoms with Crippen LogP contribution in [0.4, 0.5) is 8.78 Å². The molecule has 0 saturated carbocycles. The van der Waals surface area contributed by atoms with Gasteiger partial charge in [-0.1, -0.05) is 0 Å². The van der Waals surface area contributed by atoms with E-state index in [1.807, 2.05) is 0 Å². The van der Waals surface area contributed by atoms with Gasteiger partial charge in [0.15, 0.2) is 5.78 Å². The normalized spacial score (nSPS) is 16.7. The summed E-state index contributed by atoms with van der Waals surface area (Å²) in [5, 5.41) is 0. The summed E-state index contributed by atoms with van der Waals surface area (Å²) < 4.78 is 26.2. The molecule has 1 heterocycles. The molecule has 0 aliphatic carbocycles. The Morgan fingerprint density at radius 3 is 2.50 bits per heavy atom. The summed E-state index contributed by atoms with van der Waals surface area (Å²) in [5.74, 6) is -2.11. The van der Waals surface area contributed by atoms with Crippen molar-refractivity contribution in [3.05, 3.63) is 35.4 Å². The lowest BCUT2D eigenvalue weighted by Gasteiger charge is -2.28. The highest BCUT2D eigenvalue weighted by molar-refractivity contribution is 5.98. The highest BCUT2D eigenvalue weighted by Gasteiger charge is 2.26. The molecule has 5 heteroatoms. The number of carbonyl (C=O) groups excluding carboxylic acids is 2. The van der Waals surface area contributed by atoms with E-state index in [9.17, 15) is 18.4 Å². The average molecular weight is 253 g/mol. The molecule has 1 aliphatic heterocycles. The van der Waals surface area contributed by atoms with E-state index in [4.69, 9.17) is 0 Å². The second-order valence-corrected chi connectivity index (χ2v) is 4.40. The number of benzene rings is 1. The van der Waals surface area contributed by atoms with Gasteiger partial charge in [-0.15, -0.1) is 0 Å². The predicted molar refractivity (Wildman–Crippen MR) is 61.0 cm³/mol. The van der Waals surface area contributed by atoms with Crippen molar-refractivity contribution in [3.8, 4) is 0 Å². The van der Waals surface area contributed by atoms with Crippen LogP contribution in [0.25, 0.3) is 0 Å². The molecule has 1 saturated heterocycles. The second kappa shape index (κ2) is 5.25. The monoisotopic (exact) mass is 253 g/mol. The van der Waals surface area contributed by atoms with Gasteiger partial charge in [0.2, 0.25) is 6.41 Å². The lowest BCUT2D eigenvalue weighted by molar-refractivity contribution is -0.119. The summed E-state index contributed by atoms with van der Waals surface area (Å²) in [6.45, 7) is 1.01. The van der Waals surface area contributed by atoms with Crippen LogP contribution in [0.15, 0.2) is 18.2 Å². The molecule has 0 bridgehead atoms. The molecule has 1 aromatic carbocycles. The Bertz CT molecular complexity index is 468. The Hall–Kier alpha value is -1.78. The van der Waals surface area contributed by atoms with Gasteiger partial charge in [0, 0.05) is 25.1 Å². The van der Waals surface area contributed by atoms with Gasteiger partial charge >= 0.3 is 0 Å². The fraction of sp³-hybridized carbons (Fsp3) is 0.385. The summed E-state index contributed by atoms with van der Waals surface area (Å²) in [5.41, 5.74) is -0.0686. The van der Waals surface area contributed by atoms with Crippen LogP contribution in [0.3, 0.4) is 0 Å². The van der Waals surface area contributed by atoms with E-state index in [1.54, 1.807) is 4.90 Å². The van der Waals surface area contributed by atoms with E-state index < -0.39 is 11.6 Å². The first kappa shape index (κ1) is 12.7. The van der Waals surface area contributed by atoms with Crippen LogP contribution in [0, 0.1) is 17.6 Å². The third-order valence-electron chi connectivity index (χ3n) is 3.25. The Morgan fingerprint density at radius 1 is 1.28 bits per heavy atom. The quantitative estimate of drug-likeness (QED) is 0.610. The van der Waals surface area contributed by atoms with Crippen molar-refractivity contribution in [2.75, 3.05) is 13.1 Å². The summed E-state index contributed by atoms with van der Waals surface area (Å²) in [6.07, 6.45) is 1.79. The molecule has 2 rings (SSSR count). The molecule has 0 radical (unpaired) electrons. The summed E-state index contributed by atoms with van der Waals surface area (Å²) >= 11 is 0. The first-order valence-electron chi connectivity index (χ1n) is 5.80. The van der Waals surface area contributed by atoms with Crippen LogP contribution in [0.2, 0.25) is 0 Å². The van der Waals surface area contributed by atoms with E-state index in [-0.39, 0.29) is 17.3 Å². The SMILES string of the molecule is O=CN1CCC(C(=O)c2ccc(F)cc2F)CC1. The third-order valence-corrected chi connectivity index (χ3v) is 3.25. The van der Waals surface area contributed by atoms with Crippen LogP contribution in [-0.4, -0.2) is 30.2 Å². The van der Waals surface area contributed by atoms with Crippen molar-refractivity contribution in [1.29, 1.82) is 0 Å². The molecule has 0 spiro atoms. The van der Waals surface area contributed by atoms with Gasteiger partial charge in [0.1, 0.15) is 11.6 Å². The van der Waals surface area contributed by atoms with Crippen molar-refractivity contribution in [2.24, 2.45) is 5.92 Å². The Kier molecular flexibility index (Phi) is 3.69. The number of amides is 1. The highest BCUT2D eigenvalue weighted by Crippen LogP contribution is 2.22. The Balaban J connectivity index is 2.10. The number of rotatable bonds is 3. The van der Waals surface area contributed by atoms with Crippen molar-refractivity contribution in [3.63, 3.8) is 0 Å². The summed E-state index contributed by atoms with van der Waals surface area (Å²) in [4.78, 5) is 24.2. The van der Waals surface area contributed by atoms with Crippen molar-refractivity contribution >= 4 is 12.2 Å². The molecular weight excluding hydrogens is 240 g/mol. The fourth-order valence-electron chi connectivity index (χ4n) is 2.18. The largest absolute Gasteiger partial charge is 0.345 e. The maximum Gasteiger partial charge on any atom is 0.209 e. The standard InChI is InChI=1S/C13H13F2NO2/c14-10-1-2-11(12(15)7-10)13(18)9-3-5-16(8-17)6-4-9/h1-2,7-9H,3-6H2. The van der Waals surface area contributed by atoms with Crippen molar-refractivity contribution < 1.29 is 18.4 Å². The Morgan fingerprint density at radius 2 is 1.94 bits per heavy atom. The molecule has 0 aromatic heterocycles. The minimum Gasteiger partial charge on any atom is -0.345 e. The van der Waals surface area contributed by atoms with Gasteiger partial charge in [-0.3, -0.25) is 9.59 Å². The van der Waals surface area contributed by atoms with Crippen LogP contribution < -0.4 is 0 Å². The molecule has 18 heavy (non-hydrogen) atoms. The predicted octanol–water partition coefficient (Wildman–Crippen LogP) is 2.02. The number of hydrogen-bond donors (Lipinski definition) is 0. The molecule has 1 amide bonds. The molecule has 1 aromatic rings. The smallest absolute Gasteiger partial charge is 0.209 e. The maximum absolute atomic E-state index is 13.5. The van der Waals surface area contributed by atoms with E-state index in [1.165, 1.54) is 6.07 Å². The van der Waals surface area contributed by atoms with Gasteiger partial charge in [0.05, 0.1) is 5.56 Å². The fourth-order valence-corrected chi connectivity index (χ4v) is 2.18. The molecule has 1 fully saturated rings. The summed E-state index contributed by atoms with van der Waals surface area (Å²) in [6, 6.07) is 2.98. The zero-order valence-corrected chi connectivity index (χ0v) is 9.73. The highest BCUT2D eigenvalue weighted by atomic mass is 19.1. The zero-order valence-electron chi connectivity index (χ0n) is 9.73. The molecule has 3 nitrogen and oxygen atoms in total. The molecule has 96 valence electrons. The molecular formula is C13H13F2NO2. The minimum atomic E-state index is -0.821. The number of ketones is 1. The second-order valence-electron chi connectivity index (χ2n) is 4.40. The van der Waals surface area contributed by atoms with E-state index >= 15 is 0 Å². The number of carbonyl (C=O) groups is 2. The lowest BCUT2D eigenvalue weighted by Crippen LogP contribution is -2.35. The van der Waals surface area contributed by atoms with Crippen molar-refractivity contribution in [2.45, 2.75) is 12.8 Å². The van der Waals surface area contributed by atoms with E-state index in [0.29, 0.717) is 32.0 Å². The zero-order chi connectivity index (χ0) is 13.1. The number of Topliss-reactive ketones (excluding diaryl/α,β-unsaturated/α-hetero) is 1. The van der Waals surface area contributed by atoms with Crippen LogP contribution >= 0.6 is 0 Å². The Labute approximate surface area is 103 Å². The topological polar surface area (TPSA) is 37.4 Å². The number of hydrogen-bond acceptors (Lipinski definition) is 2. The molecule has 0 unspecified atom stereocenters. The van der Waals surface area contributed by atoms with Crippen molar-refractivity contribution in [1.82, 2.24) is 4.90 Å². The third kappa shape index (κ3) is 2.55. The van der Waals surface area contributed by atoms with Crippen LogP contribution in [0.1, 0.15) is 23.2 Å². The number of halogens is 2. The summed E-state index contributed by atoms with van der Waals surface area (Å²) in [7, 11) is 0. The molecule has 0 atom stereocenters. The van der Waals surface area contributed by atoms with E-state index in [2.05, 4.69) is 0 Å². The van der Waals surface area contributed by atoms with Gasteiger partial charge in [-0.25, -0.2) is 8.78 Å². The first-order chi connectivity index (χ1) is 8.61. The van der Waals surface area contributed by atoms with Gasteiger partial charge in [-0.05, 0) is 25.0 Å². The number of nitrogens with zero attached hydrogens (tertiary/aromatic N) is 1. The van der Waals surface area contributed by atoms with Gasteiger partial charge in [-0.2, -0.15) is 0 Å². The lowest BCUT2D eigenvalue weighted by atomic mass is 9.89. The van der Waals surface area contributed by atoms with Crippen LogP contribution in [-0.2, 0) is 4.79 Å². The average Bonchev–Trinajstić information content (AvgIpc) is 2.38. The molecule has 1 aliphatic rings. The van der Waals surface area contributed by atoms with Gasteiger partial charge < -0.3 is 4.90 Å².